The molecule has 1 fully saturated rings. The molecule has 0 radical (unpaired) electrons. The molecule has 2 aromatic carbocycles. The molecule has 0 atom stereocenters. The summed E-state index contributed by atoms with van der Waals surface area (Å²) in [7, 11) is 1.60. The Morgan fingerprint density at radius 1 is 1.00 bits per heavy atom. The van der Waals surface area contributed by atoms with E-state index in [0.717, 1.165) is 27.5 Å². The quantitative estimate of drug-likeness (QED) is 0.448. The summed E-state index contributed by atoms with van der Waals surface area (Å²) < 4.78 is 7.47. The molecule has 8 heteroatoms. The number of amides is 4. The first-order valence-electron chi connectivity index (χ1n) is 10.2. The zero-order chi connectivity index (χ0) is 23.9. The second kappa shape index (κ2) is 8.60. The first kappa shape index (κ1) is 22.4. The first-order valence-corrected chi connectivity index (χ1v) is 10.6. The lowest BCUT2D eigenvalue weighted by molar-refractivity contribution is -0.122. The van der Waals surface area contributed by atoms with Gasteiger partial charge in [-0.1, -0.05) is 29.8 Å². The zero-order valence-corrected chi connectivity index (χ0v) is 19.4. The SMILES string of the molecule is COc1ccccc1-n1c(C)cc(/C=C2/C(=O)NC(=O)N(c3ccc(C)c(Cl)c3)C2=O)c1C. The van der Waals surface area contributed by atoms with E-state index in [9.17, 15) is 14.4 Å². The number of hydrogen-bond donors (Lipinski definition) is 1. The number of barbiturate groups is 1. The van der Waals surface area contributed by atoms with Crippen LogP contribution in [0.5, 0.6) is 5.75 Å². The van der Waals surface area contributed by atoms with E-state index in [2.05, 4.69) is 5.32 Å². The summed E-state index contributed by atoms with van der Waals surface area (Å²) in [5.41, 5.74) is 4.16. The molecule has 0 spiro atoms. The van der Waals surface area contributed by atoms with Gasteiger partial charge in [-0.2, -0.15) is 0 Å². The molecule has 0 unspecified atom stereocenters. The highest BCUT2D eigenvalue weighted by Crippen LogP contribution is 2.30. The third kappa shape index (κ3) is 3.91. The fourth-order valence-corrected chi connectivity index (χ4v) is 4.06. The van der Waals surface area contributed by atoms with Crippen LogP contribution in [0.1, 0.15) is 22.5 Å². The number of halogens is 1. The van der Waals surface area contributed by atoms with Gasteiger partial charge in [0.05, 0.1) is 18.5 Å². The van der Waals surface area contributed by atoms with Gasteiger partial charge < -0.3 is 9.30 Å². The Balaban J connectivity index is 1.78. The number of benzene rings is 2. The van der Waals surface area contributed by atoms with E-state index in [-0.39, 0.29) is 11.3 Å². The predicted octanol–water partition coefficient (Wildman–Crippen LogP) is 4.73. The van der Waals surface area contributed by atoms with Crippen LogP contribution in [0, 0.1) is 20.8 Å². The van der Waals surface area contributed by atoms with Crippen LogP contribution in [0.15, 0.2) is 54.1 Å². The number of nitrogens with zero attached hydrogens (tertiary/aromatic N) is 2. The molecule has 1 aliphatic heterocycles. The summed E-state index contributed by atoms with van der Waals surface area (Å²) in [6, 6.07) is 13.5. The summed E-state index contributed by atoms with van der Waals surface area (Å²) in [6.07, 6.45) is 1.50. The lowest BCUT2D eigenvalue weighted by atomic mass is 10.1. The minimum absolute atomic E-state index is 0.147. The molecule has 2 heterocycles. The van der Waals surface area contributed by atoms with Gasteiger partial charge in [-0.25, -0.2) is 9.69 Å². The van der Waals surface area contributed by atoms with Crippen LogP contribution in [-0.2, 0) is 9.59 Å². The van der Waals surface area contributed by atoms with Gasteiger partial charge in [0, 0.05) is 16.4 Å². The number of hydrogen-bond acceptors (Lipinski definition) is 4. The number of anilines is 1. The Hall–Kier alpha value is -3.84. The number of imide groups is 2. The molecule has 1 aliphatic rings. The van der Waals surface area contributed by atoms with Crippen molar-refractivity contribution < 1.29 is 19.1 Å². The lowest BCUT2D eigenvalue weighted by Gasteiger charge is -2.26. The molecule has 1 saturated heterocycles. The zero-order valence-electron chi connectivity index (χ0n) is 18.6. The van der Waals surface area contributed by atoms with Crippen molar-refractivity contribution in [1.29, 1.82) is 0 Å². The maximum absolute atomic E-state index is 13.2. The van der Waals surface area contributed by atoms with Crippen molar-refractivity contribution in [2.45, 2.75) is 20.8 Å². The minimum atomic E-state index is -0.818. The van der Waals surface area contributed by atoms with Crippen molar-refractivity contribution in [1.82, 2.24) is 9.88 Å². The Bertz CT molecular complexity index is 1340. The minimum Gasteiger partial charge on any atom is -0.495 e. The summed E-state index contributed by atoms with van der Waals surface area (Å²) in [5.74, 6) is -0.773. The van der Waals surface area contributed by atoms with Crippen LogP contribution >= 0.6 is 11.6 Å². The third-order valence-corrected chi connectivity index (χ3v) is 6.02. The second-order valence-electron chi connectivity index (χ2n) is 7.73. The highest BCUT2D eigenvalue weighted by molar-refractivity contribution is 6.39. The first-order chi connectivity index (χ1) is 15.7. The third-order valence-electron chi connectivity index (χ3n) is 5.61. The van der Waals surface area contributed by atoms with Crippen LogP contribution in [-0.4, -0.2) is 29.5 Å². The number of methoxy groups -OCH3 is 1. The molecular formula is C25H22ClN3O4. The predicted molar refractivity (Wildman–Crippen MR) is 127 cm³/mol. The summed E-state index contributed by atoms with van der Waals surface area (Å²) in [6.45, 7) is 5.63. The van der Waals surface area contributed by atoms with Crippen LogP contribution < -0.4 is 15.0 Å². The Morgan fingerprint density at radius 2 is 1.73 bits per heavy atom. The molecular weight excluding hydrogens is 442 g/mol. The smallest absolute Gasteiger partial charge is 0.335 e. The highest BCUT2D eigenvalue weighted by Gasteiger charge is 2.37. The van der Waals surface area contributed by atoms with Crippen molar-refractivity contribution in [3.63, 3.8) is 0 Å². The van der Waals surface area contributed by atoms with Crippen LogP contribution in [0.4, 0.5) is 10.5 Å². The van der Waals surface area contributed by atoms with Gasteiger partial charge in [-0.05, 0) is 68.3 Å². The number of carbonyl (C=O) groups is 3. The molecule has 1 aromatic heterocycles. The van der Waals surface area contributed by atoms with E-state index in [1.807, 2.05) is 55.7 Å². The van der Waals surface area contributed by atoms with Gasteiger partial charge in [0.2, 0.25) is 0 Å². The van der Waals surface area contributed by atoms with Crippen molar-refractivity contribution in [3.05, 3.63) is 81.6 Å². The Morgan fingerprint density at radius 3 is 2.42 bits per heavy atom. The van der Waals surface area contributed by atoms with Crippen LogP contribution in [0.25, 0.3) is 11.8 Å². The van der Waals surface area contributed by atoms with Gasteiger partial charge in [0.1, 0.15) is 11.3 Å². The van der Waals surface area contributed by atoms with E-state index < -0.39 is 17.8 Å². The highest BCUT2D eigenvalue weighted by atomic mass is 35.5. The second-order valence-corrected chi connectivity index (χ2v) is 8.13. The average molecular weight is 464 g/mol. The Labute approximate surface area is 196 Å². The maximum Gasteiger partial charge on any atom is 0.335 e. The number of nitrogens with one attached hydrogen (secondary N) is 1. The summed E-state index contributed by atoms with van der Waals surface area (Å²) in [5, 5.41) is 2.66. The number of carbonyl (C=O) groups excluding carboxylic acids is 3. The molecule has 168 valence electrons. The maximum atomic E-state index is 13.2. The van der Waals surface area contributed by atoms with E-state index in [4.69, 9.17) is 16.3 Å². The molecule has 4 amide bonds. The lowest BCUT2D eigenvalue weighted by Crippen LogP contribution is -2.54. The fraction of sp³-hybridized carbons (Fsp3) is 0.160. The van der Waals surface area contributed by atoms with Gasteiger partial charge in [0.25, 0.3) is 11.8 Å². The number of para-hydroxylation sites is 2. The Kier molecular flexibility index (Phi) is 5.82. The van der Waals surface area contributed by atoms with Gasteiger partial charge >= 0.3 is 6.03 Å². The normalized spacial score (nSPS) is 15.2. The molecule has 33 heavy (non-hydrogen) atoms. The van der Waals surface area contributed by atoms with Crippen molar-refractivity contribution in [3.8, 4) is 11.4 Å². The van der Waals surface area contributed by atoms with Gasteiger partial charge in [0.15, 0.2) is 0 Å². The van der Waals surface area contributed by atoms with E-state index in [1.54, 1.807) is 19.2 Å². The number of ether oxygens (including phenoxy) is 1. The van der Waals surface area contributed by atoms with Crippen LogP contribution in [0.2, 0.25) is 5.02 Å². The molecule has 1 N–H and O–H groups in total. The number of rotatable bonds is 4. The molecule has 7 nitrogen and oxygen atoms in total. The fourth-order valence-electron chi connectivity index (χ4n) is 3.89. The van der Waals surface area contributed by atoms with Crippen molar-refractivity contribution in [2.75, 3.05) is 12.0 Å². The van der Waals surface area contributed by atoms with E-state index in [0.29, 0.717) is 16.3 Å². The molecule has 3 aromatic rings. The van der Waals surface area contributed by atoms with E-state index >= 15 is 0 Å². The average Bonchev–Trinajstić information content (AvgIpc) is 3.06. The monoisotopic (exact) mass is 463 g/mol. The number of aromatic nitrogens is 1. The van der Waals surface area contributed by atoms with Crippen molar-refractivity contribution in [2.24, 2.45) is 0 Å². The molecule has 0 saturated carbocycles. The van der Waals surface area contributed by atoms with Gasteiger partial charge in [-0.15, -0.1) is 0 Å². The van der Waals surface area contributed by atoms with E-state index in [1.165, 1.54) is 12.1 Å². The number of aryl methyl sites for hydroxylation is 2. The molecule has 0 bridgehead atoms. The summed E-state index contributed by atoms with van der Waals surface area (Å²) >= 11 is 6.18. The van der Waals surface area contributed by atoms with Crippen LogP contribution in [0.3, 0.4) is 0 Å². The van der Waals surface area contributed by atoms with Crippen molar-refractivity contribution >= 4 is 41.2 Å². The topological polar surface area (TPSA) is 80.6 Å². The largest absolute Gasteiger partial charge is 0.495 e. The molecule has 0 aliphatic carbocycles. The summed E-state index contributed by atoms with van der Waals surface area (Å²) in [4.78, 5) is 39.2. The number of urea groups is 1. The standard InChI is InChI=1S/C25H22ClN3O4/c1-14-9-10-18(13-20(14)26)29-24(31)19(23(30)27-25(29)32)12-17-11-15(2)28(16(17)3)21-7-5-6-8-22(21)33-4/h5-13H,1-4H3,(H,27,30,32)/b19-12-. The van der Waals surface area contributed by atoms with Gasteiger partial charge in [-0.3, -0.25) is 14.9 Å². The molecule has 4 rings (SSSR count).